The highest BCUT2D eigenvalue weighted by molar-refractivity contribution is 5.96. The molecule has 0 saturated heterocycles. The molecule has 98 valence electrons. The molecule has 0 aliphatic heterocycles. The molecule has 1 unspecified atom stereocenters. The third-order valence-electron chi connectivity index (χ3n) is 3.58. The van der Waals surface area contributed by atoms with Crippen LogP contribution in [0.5, 0.6) is 5.75 Å². The molecule has 18 heavy (non-hydrogen) atoms. The Kier molecular flexibility index (Phi) is 4.15. The lowest BCUT2D eigenvalue weighted by atomic mass is 9.98. The molecule has 1 atom stereocenters. The highest BCUT2D eigenvalue weighted by Crippen LogP contribution is 2.27. The molecule has 0 aromatic carbocycles. The lowest BCUT2D eigenvalue weighted by molar-refractivity contribution is 0.0921. The predicted molar refractivity (Wildman–Crippen MR) is 68.2 cm³/mol. The van der Waals surface area contributed by atoms with Crippen LogP contribution in [0.3, 0.4) is 0 Å². The molecule has 0 spiro atoms. The summed E-state index contributed by atoms with van der Waals surface area (Å²) < 4.78 is 0. The molecule has 1 amide bonds. The Labute approximate surface area is 106 Å². The van der Waals surface area contributed by atoms with Crippen LogP contribution in [0.2, 0.25) is 0 Å². The van der Waals surface area contributed by atoms with Gasteiger partial charge in [0.05, 0.1) is 11.8 Å². The van der Waals surface area contributed by atoms with Crippen molar-refractivity contribution in [3.63, 3.8) is 0 Å². The van der Waals surface area contributed by atoms with E-state index in [0.717, 1.165) is 12.8 Å². The number of hydrogen-bond donors (Lipinski definition) is 3. The van der Waals surface area contributed by atoms with Crippen LogP contribution in [-0.2, 0) is 0 Å². The summed E-state index contributed by atoms with van der Waals surface area (Å²) in [5.74, 6) is 0.0809. The molecule has 1 fully saturated rings. The number of nitrogens with zero attached hydrogens (tertiary/aromatic N) is 1. The van der Waals surface area contributed by atoms with Gasteiger partial charge in [0.1, 0.15) is 5.75 Å². The van der Waals surface area contributed by atoms with Gasteiger partial charge in [-0.15, -0.1) is 0 Å². The van der Waals surface area contributed by atoms with Gasteiger partial charge >= 0.3 is 0 Å². The first-order valence-corrected chi connectivity index (χ1v) is 6.36. The smallest absolute Gasteiger partial charge is 0.255 e. The van der Waals surface area contributed by atoms with Crippen LogP contribution >= 0.6 is 0 Å². The summed E-state index contributed by atoms with van der Waals surface area (Å²) in [5, 5.41) is 12.5. The molecule has 0 radical (unpaired) electrons. The summed E-state index contributed by atoms with van der Waals surface area (Å²) in [6.45, 7) is 0.433. The summed E-state index contributed by atoms with van der Waals surface area (Å²) in [7, 11) is 0. The van der Waals surface area contributed by atoms with Gasteiger partial charge in [0.25, 0.3) is 5.91 Å². The maximum Gasteiger partial charge on any atom is 0.255 e. The van der Waals surface area contributed by atoms with Gasteiger partial charge in [-0.1, -0.05) is 12.8 Å². The minimum absolute atomic E-state index is 0.00688. The van der Waals surface area contributed by atoms with Crippen molar-refractivity contribution < 1.29 is 9.90 Å². The second kappa shape index (κ2) is 5.82. The van der Waals surface area contributed by atoms with E-state index in [2.05, 4.69) is 10.3 Å². The topological polar surface area (TPSA) is 88.2 Å². The maximum atomic E-state index is 12.0. The number of rotatable bonds is 4. The van der Waals surface area contributed by atoms with Crippen molar-refractivity contribution in [2.24, 2.45) is 11.7 Å². The number of carbonyl (C=O) groups is 1. The van der Waals surface area contributed by atoms with E-state index in [1.54, 1.807) is 0 Å². The van der Waals surface area contributed by atoms with Crippen molar-refractivity contribution in [3.8, 4) is 5.75 Å². The molecule has 1 aliphatic carbocycles. The molecule has 1 aliphatic rings. The summed E-state index contributed by atoms with van der Waals surface area (Å²) in [5.41, 5.74) is 5.98. The highest BCUT2D eigenvalue weighted by Gasteiger charge is 2.26. The van der Waals surface area contributed by atoms with Crippen molar-refractivity contribution >= 4 is 5.91 Å². The minimum atomic E-state index is -0.280. The zero-order chi connectivity index (χ0) is 13.0. The molecule has 1 aromatic heterocycles. The van der Waals surface area contributed by atoms with Gasteiger partial charge < -0.3 is 16.2 Å². The Morgan fingerprint density at radius 1 is 1.56 bits per heavy atom. The molecule has 1 saturated carbocycles. The summed E-state index contributed by atoms with van der Waals surface area (Å²) in [6, 6.07) is 1.50. The molecule has 0 bridgehead atoms. The summed E-state index contributed by atoms with van der Waals surface area (Å²) >= 11 is 0. The maximum absolute atomic E-state index is 12.0. The molecule has 1 heterocycles. The van der Waals surface area contributed by atoms with Gasteiger partial charge in [0, 0.05) is 18.8 Å². The van der Waals surface area contributed by atoms with E-state index < -0.39 is 0 Å². The van der Waals surface area contributed by atoms with Crippen LogP contribution in [0.1, 0.15) is 36.0 Å². The third kappa shape index (κ3) is 2.79. The van der Waals surface area contributed by atoms with Crippen LogP contribution in [0, 0.1) is 5.92 Å². The van der Waals surface area contributed by atoms with E-state index in [4.69, 9.17) is 5.73 Å². The fourth-order valence-corrected chi connectivity index (χ4v) is 2.55. The fourth-order valence-electron chi connectivity index (χ4n) is 2.55. The lowest BCUT2D eigenvalue weighted by Crippen LogP contribution is -2.44. The number of hydrogen-bond acceptors (Lipinski definition) is 4. The van der Waals surface area contributed by atoms with Crippen molar-refractivity contribution in [1.29, 1.82) is 0 Å². The van der Waals surface area contributed by atoms with Crippen molar-refractivity contribution in [2.75, 3.05) is 6.54 Å². The van der Waals surface area contributed by atoms with E-state index in [1.807, 2.05) is 0 Å². The summed E-state index contributed by atoms with van der Waals surface area (Å²) in [6.07, 6.45) is 7.40. The van der Waals surface area contributed by atoms with Gasteiger partial charge in [-0.25, -0.2) is 0 Å². The molecule has 5 nitrogen and oxygen atoms in total. The largest absolute Gasteiger partial charge is 0.505 e. The number of carbonyl (C=O) groups excluding carboxylic acids is 1. The number of pyridine rings is 1. The number of aromatic hydroxyl groups is 1. The van der Waals surface area contributed by atoms with Gasteiger partial charge in [-0.2, -0.15) is 0 Å². The first-order valence-electron chi connectivity index (χ1n) is 6.36. The van der Waals surface area contributed by atoms with Crippen molar-refractivity contribution in [3.05, 3.63) is 24.0 Å². The average molecular weight is 249 g/mol. The van der Waals surface area contributed by atoms with Gasteiger partial charge in [-0.3, -0.25) is 9.78 Å². The second-order valence-corrected chi connectivity index (χ2v) is 4.75. The average Bonchev–Trinajstić information content (AvgIpc) is 2.90. The molecule has 2 rings (SSSR count). The molecule has 5 heteroatoms. The number of nitrogens with one attached hydrogen (secondary N) is 1. The quantitative estimate of drug-likeness (QED) is 0.743. The normalized spacial score (nSPS) is 17.6. The van der Waals surface area contributed by atoms with E-state index >= 15 is 0 Å². The SMILES string of the molecule is NCC(NC(=O)c1ccncc1O)C1CCCC1. The monoisotopic (exact) mass is 249 g/mol. The van der Waals surface area contributed by atoms with E-state index in [1.165, 1.54) is 31.3 Å². The van der Waals surface area contributed by atoms with E-state index in [-0.39, 0.29) is 23.3 Å². The zero-order valence-corrected chi connectivity index (χ0v) is 10.3. The standard InChI is InChI=1S/C13H19N3O2/c14-7-11(9-3-1-2-4-9)16-13(18)10-5-6-15-8-12(10)17/h5-6,8-9,11,17H,1-4,7,14H2,(H,16,18). The number of aromatic nitrogens is 1. The first-order chi connectivity index (χ1) is 8.72. The predicted octanol–water partition coefficient (Wildman–Crippen LogP) is 1.03. The minimum Gasteiger partial charge on any atom is -0.505 e. The van der Waals surface area contributed by atoms with Gasteiger partial charge in [-0.05, 0) is 24.8 Å². The van der Waals surface area contributed by atoms with E-state index in [0.29, 0.717) is 12.5 Å². The Bertz CT molecular complexity index is 416. The van der Waals surface area contributed by atoms with Crippen LogP contribution in [-0.4, -0.2) is 28.6 Å². The Balaban J connectivity index is 2.03. The Hall–Kier alpha value is -1.62. The fraction of sp³-hybridized carbons (Fsp3) is 0.538. The molecular weight excluding hydrogens is 230 g/mol. The van der Waals surface area contributed by atoms with Crippen LogP contribution in [0.15, 0.2) is 18.5 Å². The zero-order valence-electron chi connectivity index (χ0n) is 10.3. The molecule has 4 N–H and O–H groups in total. The van der Waals surface area contributed by atoms with Gasteiger partial charge in [0.15, 0.2) is 0 Å². The van der Waals surface area contributed by atoms with Crippen molar-refractivity contribution in [2.45, 2.75) is 31.7 Å². The molecule has 1 aromatic rings. The third-order valence-corrected chi connectivity index (χ3v) is 3.58. The number of amides is 1. The lowest BCUT2D eigenvalue weighted by Gasteiger charge is -2.23. The van der Waals surface area contributed by atoms with Crippen molar-refractivity contribution in [1.82, 2.24) is 10.3 Å². The summed E-state index contributed by atoms with van der Waals surface area (Å²) in [4.78, 5) is 15.8. The van der Waals surface area contributed by atoms with Crippen LogP contribution in [0.4, 0.5) is 0 Å². The van der Waals surface area contributed by atoms with Crippen LogP contribution in [0.25, 0.3) is 0 Å². The first kappa shape index (κ1) is 12.8. The van der Waals surface area contributed by atoms with E-state index in [9.17, 15) is 9.90 Å². The van der Waals surface area contributed by atoms with Gasteiger partial charge in [0.2, 0.25) is 0 Å². The molecular formula is C13H19N3O2. The number of nitrogens with two attached hydrogens (primary N) is 1. The van der Waals surface area contributed by atoms with Crippen LogP contribution < -0.4 is 11.1 Å². The highest BCUT2D eigenvalue weighted by atomic mass is 16.3. The Morgan fingerprint density at radius 2 is 2.28 bits per heavy atom. The second-order valence-electron chi connectivity index (χ2n) is 4.75. The Morgan fingerprint density at radius 3 is 2.89 bits per heavy atom.